The van der Waals surface area contributed by atoms with Gasteiger partial charge >= 0.3 is 0 Å². The molecule has 0 aromatic heterocycles. The predicted octanol–water partition coefficient (Wildman–Crippen LogP) is 5.49. The first-order valence-corrected chi connectivity index (χ1v) is 6.61. The van der Waals surface area contributed by atoms with Crippen LogP contribution in [0.4, 0.5) is 0 Å². The Bertz CT molecular complexity index is 564. The highest BCUT2D eigenvalue weighted by Gasteiger charge is 2.07. The Hall–Kier alpha value is -1.18. The van der Waals surface area contributed by atoms with Crippen LogP contribution in [-0.2, 0) is 5.88 Å². The molecule has 0 spiro atoms. The zero-order valence-electron chi connectivity index (χ0n) is 10.3. The minimum Gasteiger partial charge on any atom is -0.455 e. The van der Waals surface area contributed by atoms with Gasteiger partial charge in [0.15, 0.2) is 0 Å². The Morgan fingerprint density at radius 1 is 0.944 bits per heavy atom. The number of aryl methyl sites for hydroxylation is 2. The second-order valence-electron chi connectivity index (χ2n) is 4.28. The lowest BCUT2D eigenvalue weighted by atomic mass is 10.1. The fourth-order valence-corrected chi connectivity index (χ4v) is 2.08. The molecule has 0 bridgehead atoms. The molecule has 0 aliphatic heterocycles. The van der Waals surface area contributed by atoms with Gasteiger partial charge in [-0.25, -0.2) is 0 Å². The highest BCUT2D eigenvalue weighted by atomic mass is 35.5. The van der Waals surface area contributed by atoms with Crippen molar-refractivity contribution in [2.24, 2.45) is 0 Å². The summed E-state index contributed by atoms with van der Waals surface area (Å²) in [6.07, 6.45) is 0. The normalized spacial score (nSPS) is 10.4. The van der Waals surface area contributed by atoms with E-state index in [4.69, 9.17) is 27.9 Å². The number of alkyl halides is 1. The van der Waals surface area contributed by atoms with Crippen molar-refractivity contribution in [3.8, 4) is 11.5 Å². The van der Waals surface area contributed by atoms with Crippen LogP contribution in [0.15, 0.2) is 36.4 Å². The first kappa shape index (κ1) is 13.3. The lowest BCUT2D eigenvalue weighted by Crippen LogP contribution is -1.91. The van der Waals surface area contributed by atoms with Gasteiger partial charge in [0, 0.05) is 5.56 Å². The summed E-state index contributed by atoms with van der Waals surface area (Å²) in [5.74, 6) is 1.83. The lowest BCUT2D eigenvalue weighted by molar-refractivity contribution is 0.478. The quantitative estimate of drug-likeness (QED) is 0.676. The van der Waals surface area contributed by atoms with Crippen LogP contribution in [0.25, 0.3) is 0 Å². The SMILES string of the molecule is Cc1ccc(Oc2cc(C)ccc2Cl)c(CCl)c1. The van der Waals surface area contributed by atoms with Crippen LogP contribution in [0.3, 0.4) is 0 Å². The molecule has 2 aromatic rings. The fraction of sp³-hybridized carbons (Fsp3) is 0.200. The molecule has 0 N–H and O–H groups in total. The molecule has 94 valence electrons. The number of rotatable bonds is 3. The van der Waals surface area contributed by atoms with Crippen molar-refractivity contribution >= 4 is 23.2 Å². The molecule has 0 saturated heterocycles. The van der Waals surface area contributed by atoms with E-state index < -0.39 is 0 Å². The third-order valence-electron chi connectivity index (χ3n) is 2.67. The van der Waals surface area contributed by atoms with Crippen LogP contribution in [0.5, 0.6) is 11.5 Å². The molecule has 0 heterocycles. The van der Waals surface area contributed by atoms with E-state index in [-0.39, 0.29) is 0 Å². The maximum absolute atomic E-state index is 6.11. The maximum atomic E-state index is 6.11. The zero-order chi connectivity index (χ0) is 13.1. The van der Waals surface area contributed by atoms with E-state index in [9.17, 15) is 0 Å². The number of ether oxygens (including phenoxy) is 1. The van der Waals surface area contributed by atoms with E-state index in [0.29, 0.717) is 16.7 Å². The molecule has 0 saturated carbocycles. The Morgan fingerprint density at radius 2 is 1.61 bits per heavy atom. The average Bonchev–Trinajstić information content (AvgIpc) is 2.36. The van der Waals surface area contributed by atoms with Crippen molar-refractivity contribution < 1.29 is 4.74 Å². The molecule has 3 heteroatoms. The van der Waals surface area contributed by atoms with Gasteiger partial charge in [-0.05, 0) is 37.6 Å². The number of benzene rings is 2. The molecule has 0 amide bonds. The van der Waals surface area contributed by atoms with Gasteiger partial charge in [-0.1, -0.05) is 35.4 Å². The zero-order valence-corrected chi connectivity index (χ0v) is 11.8. The molecule has 0 atom stereocenters. The largest absolute Gasteiger partial charge is 0.455 e. The van der Waals surface area contributed by atoms with Gasteiger partial charge in [0.2, 0.25) is 0 Å². The second-order valence-corrected chi connectivity index (χ2v) is 4.96. The minimum absolute atomic E-state index is 0.417. The van der Waals surface area contributed by atoms with Crippen LogP contribution in [0.1, 0.15) is 16.7 Å². The van der Waals surface area contributed by atoms with E-state index in [0.717, 1.165) is 22.4 Å². The Labute approximate surface area is 117 Å². The summed E-state index contributed by atoms with van der Waals surface area (Å²) in [4.78, 5) is 0. The van der Waals surface area contributed by atoms with Crippen LogP contribution in [0, 0.1) is 13.8 Å². The van der Waals surface area contributed by atoms with Crippen LogP contribution >= 0.6 is 23.2 Å². The van der Waals surface area contributed by atoms with Crippen molar-refractivity contribution in [1.82, 2.24) is 0 Å². The molecule has 2 aromatic carbocycles. The molecule has 0 aliphatic carbocycles. The monoisotopic (exact) mass is 280 g/mol. The number of hydrogen-bond donors (Lipinski definition) is 0. The second kappa shape index (κ2) is 5.64. The summed E-state index contributed by atoms with van der Waals surface area (Å²) in [5, 5.41) is 0.599. The molecule has 2 rings (SSSR count). The van der Waals surface area contributed by atoms with Crippen molar-refractivity contribution in [1.29, 1.82) is 0 Å². The summed E-state index contributed by atoms with van der Waals surface area (Å²) in [5.41, 5.74) is 3.23. The van der Waals surface area contributed by atoms with Gasteiger partial charge < -0.3 is 4.74 Å². The highest BCUT2D eigenvalue weighted by molar-refractivity contribution is 6.32. The summed E-state index contributed by atoms with van der Waals surface area (Å²) in [6, 6.07) is 11.6. The van der Waals surface area contributed by atoms with Gasteiger partial charge in [0.05, 0.1) is 10.9 Å². The summed E-state index contributed by atoms with van der Waals surface area (Å²) in [7, 11) is 0. The standard InChI is InChI=1S/C15H14Cl2O/c1-10-4-6-14(12(7-10)9-16)18-15-8-11(2)3-5-13(15)17/h3-8H,9H2,1-2H3. The van der Waals surface area contributed by atoms with Crippen molar-refractivity contribution in [3.05, 3.63) is 58.1 Å². The molecule has 18 heavy (non-hydrogen) atoms. The van der Waals surface area contributed by atoms with E-state index in [2.05, 4.69) is 0 Å². The topological polar surface area (TPSA) is 9.23 Å². The van der Waals surface area contributed by atoms with Crippen LogP contribution in [-0.4, -0.2) is 0 Å². The molecule has 0 fully saturated rings. The Kier molecular flexibility index (Phi) is 4.15. The average molecular weight is 281 g/mol. The van der Waals surface area contributed by atoms with E-state index in [1.54, 1.807) is 0 Å². The fourth-order valence-electron chi connectivity index (χ4n) is 1.72. The molecule has 0 radical (unpaired) electrons. The van der Waals surface area contributed by atoms with Crippen molar-refractivity contribution in [2.45, 2.75) is 19.7 Å². The van der Waals surface area contributed by atoms with Gasteiger partial charge in [-0.2, -0.15) is 0 Å². The predicted molar refractivity (Wildman–Crippen MR) is 77.0 cm³/mol. The molecular weight excluding hydrogens is 267 g/mol. The molecular formula is C15H14Cl2O. The minimum atomic E-state index is 0.417. The van der Waals surface area contributed by atoms with Gasteiger partial charge in [-0.3, -0.25) is 0 Å². The van der Waals surface area contributed by atoms with Crippen LogP contribution < -0.4 is 4.74 Å². The van der Waals surface area contributed by atoms with E-state index in [1.807, 2.05) is 50.2 Å². The third kappa shape index (κ3) is 2.98. The van der Waals surface area contributed by atoms with E-state index >= 15 is 0 Å². The Balaban J connectivity index is 2.36. The number of halogens is 2. The van der Waals surface area contributed by atoms with Gasteiger partial charge in [-0.15, -0.1) is 11.6 Å². The van der Waals surface area contributed by atoms with E-state index in [1.165, 1.54) is 0 Å². The van der Waals surface area contributed by atoms with Gasteiger partial charge in [0.25, 0.3) is 0 Å². The summed E-state index contributed by atoms with van der Waals surface area (Å²) in [6.45, 7) is 4.03. The first-order valence-electron chi connectivity index (χ1n) is 5.69. The van der Waals surface area contributed by atoms with Crippen molar-refractivity contribution in [2.75, 3.05) is 0 Å². The molecule has 1 nitrogen and oxygen atoms in total. The smallest absolute Gasteiger partial charge is 0.146 e. The number of hydrogen-bond acceptors (Lipinski definition) is 1. The van der Waals surface area contributed by atoms with Gasteiger partial charge in [0.1, 0.15) is 11.5 Å². The maximum Gasteiger partial charge on any atom is 0.146 e. The first-order chi connectivity index (χ1) is 8.60. The highest BCUT2D eigenvalue weighted by Crippen LogP contribution is 2.32. The van der Waals surface area contributed by atoms with Crippen LogP contribution in [0.2, 0.25) is 5.02 Å². The molecule has 0 aliphatic rings. The molecule has 0 unspecified atom stereocenters. The van der Waals surface area contributed by atoms with Crippen molar-refractivity contribution in [3.63, 3.8) is 0 Å². The summed E-state index contributed by atoms with van der Waals surface area (Å²) < 4.78 is 5.85. The Morgan fingerprint density at radius 3 is 2.33 bits per heavy atom. The lowest BCUT2D eigenvalue weighted by Gasteiger charge is -2.12. The third-order valence-corrected chi connectivity index (χ3v) is 3.27. The summed E-state index contributed by atoms with van der Waals surface area (Å²) >= 11 is 12.0.